The lowest BCUT2D eigenvalue weighted by Gasteiger charge is -2.36. The van der Waals surface area contributed by atoms with Crippen molar-refractivity contribution in [1.82, 2.24) is 24.7 Å². The molecule has 1 aromatic heterocycles. The standard InChI is InChI=1S/C25H27N5O3/c1-17(18-5-3-2-4-6-18)30-15-20(14-23(30)31)25(33)29-11-9-28(10-12-29)24(32)19-7-8-21-22(13-19)27-16-26-21/h2-8,13,16-17,20H,9-12,14-15H2,1H3,(H,26,27). The van der Waals surface area contributed by atoms with Gasteiger partial charge in [0.05, 0.1) is 29.3 Å². The van der Waals surface area contributed by atoms with Crippen LogP contribution in [0.3, 0.4) is 0 Å². The lowest BCUT2D eigenvalue weighted by Crippen LogP contribution is -2.52. The second-order valence-electron chi connectivity index (χ2n) is 8.79. The third-order valence-corrected chi connectivity index (χ3v) is 6.80. The van der Waals surface area contributed by atoms with Gasteiger partial charge in [0, 0.05) is 44.7 Å². The minimum atomic E-state index is -0.325. The number of carbonyl (C=O) groups is 3. The average molecular weight is 446 g/mol. The molecule has 2 aromatic carbocycles. The van der Waals surface area contributed by atoms with Crippen molar-refractivity contribution in [3.8, 4) is 0 Å². The van der Waals surface area contributed by atoms with E-state index < -0.39 is 0 Å². The third kappa shape index (κ3) is 4.08. The Morgan fingerprint density at radius 2 is 1.76 bits per heavy atom. The fourth-order valence-electron chi connectivity index (χ4n) is 4.82. The van der Waals surface area contributed by atoms with Gasteiger partial charge in [-0.3, -0.25) is 14.4 Å². The maximum atomic E-state index is 13.1. The molecular formula is C25H27N5O3. The van der Waals surface area contributed by atoms with E-state index in [4.69, 9.17) is 0 Å². The highest BCUT2D eigenvalue weighted by Crippen LogP contribution is 2.29. The van der Waals surface area contributed by atoms with Crippen LogP contribution in [0.15, 0.2) is 54.9 Å². The normalized spacial score (nSPS) is 19.8. The summed E-state index contributed by atoms with van der Waals surface area (Å²) < 4.78 is 0. The number of H-pyrrole nitrogens is 1. The summed E-state index contributed by atoms with van der Waals surface area (Å²) in [6.45, 7) is 4.38. The summed E-state index contributed by atoms with van der Waals surface area (Å²) in [7, 11) is 0. The minimum absolute atomic E-state index is 0.0112. The largest absolute Gasteiger partial charge is 0.345 e. The number of fused-ring (bicyclic) bond motifs is 1. The molecule has 3 heterocycles. The molecule has 2 aliphatic rings. The molecule has 2 saturated heterocycles. The molecule has 0 aliphatic carbocycles. The molecule has 0 saturated carbocycles. The topological polar surface area (TPSA) is 89.6 Å². The van der Waals surface area contributed by atoms with Crippen LogP contribution in [0.25, 0.3) is 11.0 Å². The second-order valence-corrected chi connectivity index (χ2v) is 8.79. The van der Waals surface area contributed by atoms with Gasteiger partial charge in [0.1, 0.15) is 0 Å². The Labute approximate surface area is 192 Å². The van der Waals surface area contributed by atoms with Crippen molar-refractivity contribution < 1.29 is 14.4 Å². The van der Waals surface area contributed by atoms with E-state index >= 15 is 0 Å². The molecule has 3 aromatic rings. The summed E-state index contributed by atoms with van der Waals surface area (Å²) >= 11 is 0. The van der Waals surface area contributed by atoms with Gasteiger partial charge in [-0.25, -0.2) is 4.98 Å². The van der Waals surface area contributed by atoms with Gasteiger partial charge in [0.15, 0.2) is 0 Å². The number of aromatic nitrogens is 2. The maximum absolute atomic E-state index is 13.1. The Balaban J connectivity index is 1.18. The van der Waals surface area contributed by atoms with E-state index in [2.05, 4.69) is 9.97 Å². The SMILES string of the molecule is CC(c1ccccc1)N1CC(C(=O)N2CCN(C(=O)c3ccc4nc[nH]c4c3)CC2)CC1=O. The number of imidazole rings is 1. The van der Waals surface area contributed by atoms with Gasteiger partial charge >= 0.3 is 0 Å². The Bertz CT molecular complexity index is 1180. The van der Waals surface area contributed by atoms with Crippen molar-refractivity contribution in [3.05, 3.63) is 66.0 Å². The fraction of sp³-hybridized carbons (Fsp3) is 0.360. The van der Waals surface area contributed by atoms with E-state index in [1.807, 2.05) is 54.3 Å². The van der Waals surface area contributed by atoms with E-state index in [1.54, 1.807) is 22.2 Å². The molecule has 8 heteroatoms. The van der Waals surface area contributed by atoms with Gasteiger partial charge in [-0.05, 0) is 30.7 Å². The Morgan fingerprint density at radius 3 is 2.52 bits per heavy atom. The van der Waals surface area contributed by atoms with E-state index in [0.717, 1.165) is 16.6 Å². The highest BCUT2D eigenvalue weighted by Gasteiger charge is 2.39. The quantitative estimate of drug-likeness (QED) is 0.668. The van der Waals surface area contributed by atoms with Crippen LogP contribution in [-0.2, 0) is 9.59 Å². The molecular weight excluding hydrogens is 418 g/mol. The smallest absolute Gasteiger partial charge is 0.254 e. The number of piperazine rings is 1. The Kier molecular flexibility index (Phi) is 5.58. The molecule has 2 atom stereocenters. The van der Waals surface area contributed by atoms with E-state index in [-0.39, 0.29) is 36.1 Å². The molecule has 170 valence electrons. The van der Waals surface area contributed by atoms with Crippen LogP contribution in [0.4, 0.5) is 0 Å². The van der Waals surface area contributed by atoms with Gasteiger partial charge in [-0.1, -0.05) is 30.3 Å². The van der Waals surface area contributed by atoms with Gasteiger partial charge in [0.25, 0.3) is 5.91 Å². The van der Waals surface area contributed by atoms with Crippen molar-refractivity contribution in [3.63, 3.8) is 0 Å². The van der Waals surface area contributed by atoms with E-state index in [0.29, 0.717) is 38.3 Å². The number of rotatable bonds is 4. The molecule has 1 N–H and O–H groups in total. The molecule has 3 amide bonds. The first kappa shape index (κ1) is 21.2. The molecule has 2 unspecified atom stereocenters. The van der Waals surface area contributed by atoms with Crippen LogP contribution in [0.5, 0.6) is 0 Å². The van der Waals surface area contributed by atoms with Gasteiger partial charge in [-0.15, -0.1) is 0 Å². The highest BCUT2D eigenvalue weighted by molar-refractivity contribution is 5.97. The summed E-state index contributed by atoms with van der Waals surface area (Å²) in [4.78, 5) is 51.3. The summed E-state index contributed by atoms with van der Waals surface area (Å²) in [5.41, 5.74) is 3.33. The number of carbonyl (C=O) groups excluding carboxylic acids is 3. The zero-order valence-corrected chi connectivity index (χ0v) is 18.6. The van der Waals surface area contributed by atoms with Gasteiger partial charge in [0.2, 0.25) is 11.8 Å². The summed E-state index contributed by atoms with van der Waals surface area (Å²) in [6.07, 6.45) is 1.86. The van der Waals surface area contributed by atoms with E-state index in [1.165, 1.54) is 0 Å². The molecule has 0 radical (unpaired) electrons. The van der Waals surface area contributed by atoms with Crippen LogP contribution in [0, 0.1) is 5.92 Å². The molecule has 5 rings (SSSR count). The number of nitrogens with zero attached hydrogens (tertiary/aromatic N) is 4. The lowest BCUT2D eigenvalue weighted by atomic mass is 10.1. The van der Waals surface area contributed by atoms with Crippen molar-refractivity contribution in [2.75, 3.05) is 32.7 Å². The number of hydrogen-bond acceptors (Lipinski definition) is 4. The van der Waals surface area contributed by atoms with Crippen molar-refractivity contribution in [1.29, 1.82) is 0 Å². The lowest BCUT2D eigenvalue weighted by molar-refractivity contribution is -0.137. The molecule has 0 bridgehead atoms. The highest BCUT2D eigenvalue weighted by atomic mass is 16.2. The Hall–Kier alpha value is -3.68. The first-order chi connectivity index (χ1) is 16.0. The number of aromatic amines is 1. The number of benzene rings is 2. The number of likely N-dealkylation sites (tertiary alicyclic amines) is 1. The molecule has 2 aliphatic heterocycles. The average Bonchev–Trinajstić information content (AvgIpc) is 3.49. The molecule has 33 heavy (non-hydrogen) atoms. The minimum Gasteiger partial charge on any atom is -0.345 e. The fourth-order valence-corrected chi connectivity index (χ4v) is 4.82. The monoisotopic (exact) mass is 445 g/mol. The summed E-state index contributed by atoms with van der Waals surface area (Å²) in [5, 5.41) is 0. The van der Waals surface area contributed by atoms with Crippen LogP contribution in [0.1, 0.15) is 35.3 Å². The first-order valence-corrected chi connectivity index (χ1v) is 11.4. The molecule has 8 nitrogen and oxygen atoms in total. The number of nitrogens with one attached hydrogen (secondary N) is 1. The van der Waals surface area contributed by atoms with E-state index in [9.17, 15) is 14.4 Å². The number of amides is 3. The predicted molar refractivity (Wildman–Crippen MR) is 123 cm³/mol. The third-order valence-electron chi connectivity index (χ3n) is 6.80. The predicted octanol–water partition coefficient (Wildman–Crippen LogP) is 2.46. The van der Waals surface area contributed by atoms with Crippen LogP contribution < -0.4 is 0 Å². The maximum Gasteiger partial charge on any atom is 0.254 e. The zero-order valence-electron chi connectivity index (χ0n) is 18.6. The summed E-state index contributed by atoms with van der Waals surface area (Å²) in [5.74, 6) is -0.337. The summed E-state index contributed by atoms with van der Waals surface area (Å²) in [6, 6.07) is 15.3. The van der Waals surface area contributed by atoms with Crippen LogP contribution in [0.2, 0.25) is 0 Å². The Morgan fingerprint density at radius 1 is 1.03 bits per heavy atom. The van der Waals surface area contributed by atoms with Gasteiger partial charge < -0.3 is 19.7 Å². The van der Waals surface area contributed by atoms with Crippen molar-refractivity contribution in [2.45, 2.75) is 19.4 Å². The molecule has 0 spiro atoms. The molecule has 2 fully saturated rings. The number of hydrogen-bond donors (Lipinski definition) is 1. The van der Waals surface area contributed by atoms with Crippen molar-refractivity contribution >= 4 is 28.8 Å². The van der Waals surface area contributed by atoms with Crippen molar-refractivity contribution in [2.24, 2.45) is 5.92 Å². The second kappa shape index (κ2) is 8.69. The first-order valence-electron chi connectivity index (χ1n) is 11.4. The van der Waals surface area contributed by atoms with Crippen LogP contribution in [-0.4, -0.2) is 75.1 Å². The zero-order chi connectivity index (χ0) is 22.9. The van der Waals surface area contributed by atoms with Gasteiger partial charge in [-0.2, -0.15) is 0 Å². The van der Waals surface area contributed by atoms with Crippen LogP contribution >= 0.6 is 0 Å².